The lowest BCUT2D eigenvalue weighted by Crippen LogP contribution is -2.10. The summed E-state index contributed by atoms with van der Waals surface area (Å²) in [6.07, 6.45) is -3.20. The number of benzene rings is 1. The number of anilines is 1. The first-order valence-corrected chi connectivity index (χ1v) is 5.83. The monoisotopic (exact) mass is 297 g/mol. The minimum Gasteiger partial charge on any atom is -0.478 e. The molecule has 0 bridgehead atoms. The molecule has 0 aliphatic carbocycles. The van der Waals surface area contributed by atoms with Gasteiger partial charge < -0.3 is 10.4 Å². The molecule has 0 saturated carbocycles. The number of aromatic nitrogens is 2. The lowest BCUT2D eigenvalue weighted by Gasteiger charge is -2.10. The molecule has 0 saturated heterocycles. The number of carboxylic acids is 1. The average molecular weight is 297 g/mol. The van der Waals surface area contributed by atoms with E-state index in [2.05, 4.69) is 15.5 Å². The molecule has 2 N–H and O–H groups in total. The van der Waals surface area contributed by atoms with Crippen molar-refractivity contribution < 1.29 is 23.1 Å². The summed E-state index contributed by atoms with van der Waals surface area (Å²) >= 11 is 0. The largest absolute Gasteiger partial charge is 0.478 e. The molecule has 1 aromatic heterocycles. The molecular formula is C13H10F3N3O2. The molecule has 5 nitrogen and oxygen atoms in total. The topological polar surface area (TPSA) is 75.1 Å². The minimum absolute atomic E-state index is 0.00223. The number of rotatable bonds is 4. The predicted molar refractivity (Wildman–Crippen MR) is 67.8 cm³/mol. The number of aromatic carboxylic acids is 1. The maximum absolute atomic E-state index is 12.6. The van der Waals surface area contributed by atoms with E-state index in [1.165, 1.54) is 24.4 Å². The highest BCUT2D eigenvalue weighted by atomic mass is 19.4. The van der Waals surface area contributed by atoms with Gasteiger partial charge in [-0.25, -0.2) is 4.79 Å². The number of nitrogens with zero attached hydrogens (tertiary/aromatic N) is 2. The molecular weight excluding hydrogens is 287 g/mol. The zero-order valence-corrected chi connectivity index (χ0v) is 10.6. The molecule has 0 amide bonds. The van der Waals surface area contributed by atoms with E-state index >= 15 is 0 Å². The van der Waals surface area contributed by atoms with Gasteiger partial charge in [-0.3, -0.25) is 0 Å². The van der Waals surface area contributed by atoms with Crippen LogP contribution in [0.3, 0.4) is 0 Å². The Morgan fingerprint density at radius 2 is 2.05 bits per heavy atom. The first-order valence-electron chi connectivity index (χ1n) is 5.83. The Morgan fingerprint density at radius 3 is 2.71 bits per heavy atom. The van der Waals surface area contributed by atoms with Crippen molar-refractivity contribution >= 4 is 11.8 Å². The van der Waals surface area contributed by atoms with Gasteiger partial charge in [0.2, 0.25) is 0 Å². The average Bonchev–Trinajstić information content (AvgIpc) is 2.45. The third-order valence-electron chi connectivity index (χ3n) is 2.67. The second-order valence-corrected chi connectivity index (χ2v) is 4.15. The number of carboxylic acid groups (broad SMARTS) is 1. The van der Waals surface area contributed by atoms with E-state index in [-0.39, 0.29) is 17.9 Å². The van der Waals surface area contributed by atoms with Crippen LogP contribution in [0.4, 0.5) is 19.0 Å². The molecule has 8 heteroatoms. The van der Waals surface area contributed by atoms with Gasteiger partial charge in [0.1, 0.15) is 5.56 Å². The third kappa shape index (κ3) is 3.68. The van der Waals surface area contributed by atoms with Crippen molar-refractivity contribution in [3.63, 3.8) is 0 Å². The van der Waals surface area contributed by atoms with Crippen LogP contribution in [0.25, 0.3) is 0 Å². The van der Waals surface area contributed by atoms with Crippen molar-refractivity contribution in [2.24, 2.45) is 0 Å². The molecule has 0 aliphatic heterocycles. The first-order chi connectivity index (χ1) is 9.88. The second kappa shape index (κ2) is 5.78. The standard InChI is InChI=1S/C13H10F3N3O2/c14-13(15,16)9-3-1-2-8(6-9)7-17-11-10(12(20)21)4-5-18-19-11/h1-6H,7H2,(H,17,19)(H,20,21). The summed E-state index contributed by atoms with van der Waals surface area (Å²) in [5.74, 6) is -1.20. The van der Waals surface area contributed by atoms with Crippen LogP contribution in [-0.4, -0.2) is 21.3 Å². The molecule has 0 aliphatic rings. The highest BCUT2D eigenvalue weighted by Gasteiger charge is 2.30. The van der Waals surface area contributed by atoms with Crippen LogP contribution in [0.5, 0.6) is 0 Å². The number of hydrogen-bond acceptors (Lipinski definition) is 4. The molecule has 2 rings (SSSR count). The van der Waals surface area contributed by atoms with Crippen LogP contribution in [0.1, 0.15) is 21.5 Å². The van der Waals surface area contributed by atoms with Crippen molar-refractivity contribution in [2.75, 3.05) is 5.32 Å². The summed E-state index contributed by atoms with van der Waals surface area (Å²) < 4.78 is 37.7. The molecule has 0 atom stereocenters. The lowest BCUT2D eigenvalue weighted by atomic mass is 10.1. The van der Waals surface area contributed by atoms with E-state index in [0.717, 1.165) is 12.1 Å². The lowest BCUT2D eigenvalue weighted by molar-refractivity contribution is -0.137. The number of alkyl halides is 3. The van der Waals surface area contributed by atoms with Crippen molar-refractivity contribution in [2.45, 2.75) is 12.7 Å². The Hall–Kier alpha value is -2.64. The fourth-order valence-electron chi connectivity index (χ4n) is 1.68. The van der Waals surface area contributed by atoms with Crippen LogP contribution in [-0.2, 0) is 12.7 Å². The van der Waals surface area contributed by atoms with Gasteiger partial charge in [-0.05, 0) is 23.8 Å². The van der Waals surface area contributed by atoms with Crippen molar-refractivity contribution in [1.82, 2.24) is 10.2 Å². The van der Waals surface area contributed by atoms with E-state index in [1.807, 2.05) is 0 Å². The SMILES string of the molecule is O=C(O)c1ccnnc1NCc1cccc(C(F)(F)F)c1. The summed E-state index contributed by atoms with van der Waals surface area (Å²) in [7, 11) is 0. The second-order valence-electron chi connectivity index (χ2n) is 4.15. The quantitative estimate of drug-likeness (QED) is 0.907. The Bertz CT molecular complexity index is 659. The molecule has 1 aromatic carbocycles. The Morgan fingerprint density at radius 1 is 1.29 bits per heavy atom. The van der Waals surface area contributed by atoms with Gasteiger partial charge in [0.25, 0.3) is 0 Å². The number of halogens is 3. The van der Waals surface area contributed by atoms with E-state index in [1.54, 1.807) is 0 Å². The smallest absolute Gasteiger partial charge is 0.416 e. The number of nitrogens with one attached hydrogen (secondary N) is 1. The minimum atomic E-state index is -4.42. The third-order valence-corrected chi connectivity index (χ3v) is 2.67. The molecule has 0 unspecified atom stereocenters. The van der Waals surface area contributed by atoms with Gasteiger partial charge in [-0.1, -0.05) is 12.1 Å². The van der Waals surface area contributed by atoms with Crippen molar-refractivity contribution in [1.29, 1.82) is 0 Å². The molecule has 0 spiro atoms. The zero-order valence-electron chi connectivity index (χ0n) is 10.6. The van der Waals surface area contributed by atoms with Gasteiger partial charge in [0, 0.05) is 6.54 Å². The zero-order chi connectivity index (χ0) is 15.5. The maximum atomic E-state index is 12.6. The Kier molecular flexibility index (Phi) is 4.06. The normalized spacial score (nSPS) is 11.2. The van der Waals surface area contributed by atoms with Gasteiger partial charge in [0.05, 0.1) is 11.8 Å². The highest BCUT2D eigenvalue weighted by molar-refractivity contribution is 5.92. The van der Waals surface area contributed by atoms with E-state index in [0.29, 0.717) is 5.56 Å². The fourth-order valence-corrected chi connectivity index (χ4v) is 1.68. The van der Waals surface area contributed by atoms with Crippen LogP contribution >= 0.6 is 0 Å². The molecule has 21 heavy (non-hydrogen) atoms. The van der Waals surface area contributed by atoms with Gasteiger partial charge in [-0.2, -0.15) is 18.3 Å². The maximum Gasteiger partial charge on any atom is 0.416 e. The number of hydrogen-bond donors (Lipinski definition) is 2. The Balaban J connectivity index is 2.16. The van der Waals surface area contributed by atoms with Crippen molar-refractivity contribution in [3.05, 3.63) is 53.2 Å². The fraction of sp³-hybridized carbons (Fsp3) is 0.154. The van der Waals surface area contributed by atoms with Crippen molar-refractivity contribution in [3.8, 4) is 0 Å². The predicted octanol–water partition coefficient (Wildman–Crippen LogP) is 2.81. The molecule has 0 radical (unpaired) electrons. The number of carbonyl (C=O) groups is 1. The summed E-state index contributed by atoms with van der Waals surface area (Å²) in [5.41, 5.74) is -0.511. The van der Waals surface area contributed by atoms with Gasteiger partial charge >= 0.3 is 12.1 Å². The summed E-state index contributed by atoms with van der Waals surface area (Å²) in [5, 5.41) is 18.8. The summed E-state index contributed by atoms with van der Waals surface area (Å²) in [4.78, 5) is 11.0. The van der Waals surface area contributed by atoms with Crippen LogP contribution in [0, 0.1) is 0 Å². The molecule has 0 fully saturated rings. The highest BCUT2D eigenvalue weighted by Crippen LogP contribution is 2.29. The van der Waals surface area contributed by atoms with Crippen LogP contribution in [0.15, 0.2) is 36.5 Å². The summed E-state index contributed by atoms with van der Waals surface area (Å²) in [6, 6.07) is 6.00. The molecule has 1 heterocycles. The van der Waals surface area contributed by atoms with Gasteiger partial charge in [0.15, 0.2) is 5.82 Å². The van der Waals surface area contributed by atoms with Crippen LogP contribution in [0.2, 0.25) is 0 Å². The van der Waals surface area contributed by atoms with Gasteiger partial charge in [-0.15, -0.1) is 5.10 Å². The summed E-state index contributed by atoms with van der Waals surface area (Å²) in [6.45, 7) is 0.00287. The molecule has 110 valence electrons. The van der Waals surface area contributed by atoms with Crippen LogP contribution < -0.4 is 5.32 Å². The van der Waals surface area contributed by atoms with E-state index in [9.17, 15) is 18.0 Å². The van der Waals surface area contributed by atoms with E-state index in [4.69, 9.17) is 5.11 Å². The first kappa shape index (κ1) is 14.8. The van der Waals surface area contributed by atoms with E-state index < -0.39 is 17.7 Å². The molecule has 2 aromatic rings. The Labute approximate surface area is 117 Å².